The third kappa shape index (κ3) is 17.7. The molecule has 17 heteroatoms. The van der Waals surface area contributed by atoms with Gasteiger partial charge in [-0.3, -0.25) is 24.0 Å². The van der Waals surface area contributed by atoms with Crippen molar-refractivity contribution >= 4 is 35.8 Å². The summed E-state index contributed by atoms with van der Waals surface area (Å²) in [6.45, 7) is 3.69. The molecule has 0 bridgehead atoms. The van der Waals surface area contributed by atoms with Crippen LogP contribution in [0.2, 0.25) is 0 Å². The number of hydrogen-bond donors (Lipinski definition) is 2. The van der Waals surface area contributed by atoms with Gasteiger partial charge in [0.05, 0.1) is 71.9 Å². The zero-order valence-corrected chi connectivity index (χ0v) is 28.3. The highest BCUT2D eigenvalue weighted by Crippen LogP contribution is 2.26. The van der Waals surface area contributed by atoms with Gasteiger partial charge in [-0.1, -0.05) is 12.8 Å². The maximum absolute atomic E-state index is 13.2. The summed E-state index contributed by atoms with van der Waals surface area (Å²) in [5, 5.41) is 19.9. The lowest BCUT2D eigenvalue weighted by Gasteiger charge is -2.25. The Bertz CT molecular complexity index is 1010. The van der Waals surface area contributed by atoms with Crippen molar-refractivity contribution < 1.29 is 81.6 Å². The predicted octanol–water partition coefficient (Wildman–Crippen LogP) is -0.114. The third-order valence-electron chi connectivity index (χ3n) is 7.04. The van der Waals surface area contributed by atoms with Crippen molar-refractivity contribution in [3.63, 3.8) is 0 Å². The van der Waals surface area contributed by atoms with E-state index in [4.69, 9.17) is 28.4 Å². The maximum Gasteiger partial charge on any atom is 0.348 e. The molecule has 1 heterocycles. The molecular formula is C31H50O17. The molecule has 17 nitrogen and oxygen atoms in total. The van der Waals surface area contributed by atoms with E-state index in [0.717, 1.165) is 53.6 Å². The fraction of sp³-hybridized carbons (Fsp3) is 0.806. The van der Waals surface area contributed by atoms with Crippen LogP contribution in [0.4, 0.5) is 0 Å². The molecule has 0 saturated carbocycles. The standard InChI is InChI=1S/C31H50O17/c1-19(32)14-46-29(37)24(13-26(35)48-27(31(39)42-5)20(2)28(36)41-4)23(12-25(34)40-3)30(38)47-16-21(33)15-43-10-8-6-7-9-11-44-17-22-18-45-22/h19-24,27,32-33H,6-18H2,1-5H3. The lowest BCUT2D eigenvalue weighted by Crippen LogP contribution is -2.41. The van der Waals surface area contributed by atoms with Crippen LogP contribution in [0, 0.1) is 17.8 Å². The number of carbonyl (C=O) groups excluding carboxylic acids is 6. The molecule has 0 aromatic heterocycles. The van der Waals surface area contributed by atoms with E-state index in [2.05, 4.69) is 14.2 Å². The van der Waals surface area contributed by atoms with Gasteiger partial charge in [0, 0.05) is 13.2 Å². The van der Waals surface area contributed by atoms with Gasteiger partial charge in [-0.05, 0) is 26.7 Å². The quantitative estimate of drug-likeness (QED) is 0.0520. The normalized spacial score (nSPS) is 17.4. The summed E-state index contributed by atoms with van der Waals surface area (Å²) >= 11 is 0. The van der Waals surface area contributed by atoms with E-state index in [1.807, 2.05) is 0 Å². The summed E-state index contributed by atoms with van der Waals surface area (Å²) in [5.74, 6) is -11.3. The van der Waals surface area contributed by atoms with Crippen LogP contribution in [0.5, 0.6) is 0 Å². The van der Waals surface area contributed by atoms with E-state index in [1.165, 1.54) is 13.8 Å². The Morgan fingerprint density at radius 1 is 0.688 bits per heavy atom. The molecular weight excluding hydrogens is 644 g/mol. The molecule has 1 fully saturated rings. The summed E-state index contributed by atoms with van der Waals surface area (Å²) in [5.41, 5.74) is 0. The fourth-order valence-corrected chi connectivity index (χ4v) is 4.20. The Morgan fingerprint density at radius 2 is 1.23 bits per heavy atom. The summed E-state index contributed by atoms with van der Waals surface area (Å²) < 4.78 is 45.2. The lowest BCUT2D eigenvalue weighted by molar-refractivity contribution is -0.178. The van der Waals surface area contributed by atoms with Crippen LogP contribution < -0.4 is 0 Å². The van der Waals surface area contributed by atoms with Gasteiger partial charge in [-0.25, -0.2) is 4.79 Å². The molecule has 0 aromatic rings. The molecule has 276 valence electrons. The van der Waals surface area contributed by atoms with Crippen LogP contribution in [0.25, 0.3) is 0 Å². The van der Waals surface area contributed by atoms with Crippen LogP contribution in [0.3, 0.4) is 0 Å². The predicted molar refractivity (Wildman–Crippen MR) is 161 cm³/mol. The summed E-state index contributed by atoms with van der Waals surface area (Å²) in [4.78, 5) is 75.8. The topological polar surface area (TPSA) is 229 Å². The second-order valence-corrected chi connectivity index (χ2v) is 11.2. The largest absolute Gasteiger partial charge is 0.469 e. The van der Waals surface area contributed by atoms with E-state index >= 15 is 0 Å². The average molecular weight is 695 g/mol. The molecule has 48 heavy (non-hydrogen) atoms. The summed E-state index contributed by atoms with van der Waals surface area (Å²) in [7, 11) is 3.09. The van der Waals surface area contributed by atoms with Gasteiger partial charge in [0.1, 0.15) is 31.3 Å². The van der Waals surface area contributed by atoms with Crippen LogP contribution in [-0.2, 0) is 71.4 Å². The second-order valence-electron chi connectivity index (χ2n) is 11.2. The Morgan fingerprint density at radius 3 is 1.75 bits per heavy atom. The van der Waals surface area contributed by atoms with Crippen molar-refractivity contribution in [1.29, 1.82) is 0 Å². The minimum atomic E-state index is -1.77. The van der Waals surface area contributed by atoms with Crippen LogP contribution in [0.1, 0.15) is 52.4 Å². The zero-order valence-electron chi connectivity index (χ0n) is 28.3. The van der Waals surface area contributed by atoms with Crippen LogP contribution in [-0.4, -0.2) is 138 Å². The smallest absolute Gasteiger partial charge is 0.348 e. The molecule has 7 unspecified atom stereocenters. The molecule has 1 aliphatic rings. The Labute approximate surface area is 279 Å². The minimum absolute atomic E-state index is 0.168. The maximum atomic E-state index is 13.2. The first-order valence-corrected chi connectivity index (χ1v) is 15.7. The molecule has 1 rings (SSSR count). The SMILES string of the molecule is COC(=O)CC(C(=O)OCC(O)COCCCCCCOCC1CO1)C(CC(=O)OC(C(=O)OC)C(C)C(=O)OC)C(=O)OCC(C)O. The van der Waals surface area contributed by atoms with Crippen molar-refractivity contribution in [2.24, 2.45) is 17.8 Å². The highest BCUT2D eigenvalue weighted by atomic mass is 16.6. The molecule has 0 spiro atoms. The Kier molecular flexibility index (Phi) is 21.2. The lowest BCUT2D eigenvalue weighted by atomic mass is 9.86. The summed E-state index contributed by atoms with van der Waals surface area (Å²) in [6, 6.07) is 0. The van der Waals surface area contributed by atoms with Gasteiger partial charge < -0.3 is 52.8 Å². The number of methoxy groups -OCH3 is 3. The third-order valence-corrected chi connectivity index (χ3v) is 7.04. The monoisotopic (exact) mass is 694 g/mol. The van der Waals surface area contributed by atoms with E-state index in [9.17, 15) is 39.0 Å². The number of ether oxygens (including phenoxy) is 9. The van der Waals surface area contributed by atoms with Gasteiger partial charge in [0.25, 0.3) is 0 Å². The molecule has 0 amide bonds. The fourth-order valence-electron chi connectivity index (χ4n) is 4.20. The first kappa shape index (κ1) is 42.6. The number of rotatable bonds is 26. The number of aliphatic hydroxyl groups is 2. The van der Waals surface area contributed by atoms with Crippen LogP contribution in [0.15, 0.2) is 0 Å². The highest BCUT2D eigenvalue weighted by Gasteiger charge is 2.42. The number of esters is 6. The second kappa shape index (κ2) is 23.9. The Hall–Kier alpha value is -3.38. The van der Waals surface area contributed by atoms with E-state index in [0.29, 0.717) is 19.8 Å². The molecule has 1 aliphatic heterocycles. The zero-order chi connectivity index (χ0) is 36.1. The average Bonchev–Trinajstić information content (AvgIpc) is 3.90. The molecule has 2 N–H and O–H groups in total. The molecule has 0 radical (unpaired) electrons. The minimum Gasteiger partial charge on any atom is -0.469 e. The molecule has 0 aromatic carbocycles. The number of aliphatic hydroxyl groups excluding tert-OH is 2. The molecule has 0 aliphatic carbocycles. The van der Waals surface area contributed by atoms with Crippen molar-refractivity contribution in [2.45, 2.75) is 76.8 Å². The molecule has 1 saturated heterocycles. The number of epoxide rings is 1. The van der Waals surface area contributed by atoms with Crippen molar-refractivity contribution in [1.82, 2.24) is 0 Å². The van der Waals surface area contributed by atoms with Crippen molar-refractivity contribution in [2.75, 3.05) is 67.6 Å². The first-order valence-electron chi connectivity index (χ1n) is 15.7. The number of unbranched alkanes of at least 4 members (excludes halogenated alkanes) is 3. The van der Waals surface area contributed by atoms with Crippen LogP contribution >= 0.6 is 0 Å². The number of hydrogen-bond acceptors (Lipinski definition) is 17. The number of carbonyl (C=O) groups is 6. The first-order chi connectivity index (χ1) is 22.8. The summed E-state index contributed by atoms with van der Waals surface area (Å²) in [6.07, 6.45) is -2.10. The van der Waals surface area contributed by atoms with Crippen molar-refractivity contribution in [3.8, 4) is 0 Å². The Balaban J connectivity index is 2.84. The van der Waals surface area contributed by atoms with Gasteiger partial charge >= 0.3 is 35.8 Å². The highest BCUT2D eigenvalue weighted by molar-refractivity contribution is 5.90. The van der Waals surface area contributed by atoms with E-state index in [1.54, 1.807) is 0 Å². The molecule has 7 atom stereocenters. The van der Waals surface area contributed by atoms with Gasteiger partial charge in [-0.15, -0.1) is 0 Å². The van der Waals surface area contributed by atoms with E-state index in [-0.39, 0.29) is 12.7 Å². The van der Waals surface area contributed by atoms with Gasteiger partial charge in [-0.2, -0.15) is 0 Å². The van der Waals surface area contributed by atoms with Crippen molar-refractivity contribution in [3.05, 3.63) is 0 Å². The van der Waals surface area contributed by atoms with Gasteiger partial charge in [0.2, 0.25) is 6.10 Å². The van der Waals surface area contributed by atoms with Gasteiger partial charge in [0.15, 0.2) is 0 Å². The van der Waals surface area contributed by atoms with E-state index < -0.39 is 97.9 Å².